The molecule has 22 nitrogen and oxygen atoms in total. The first-order valence-electron chi connectivity index (χ1n) is 15.2. The van der Waals surface area contributed by atoms with Gasteiger partial charge in [0.1, 0.15) is 0 Å². The number of hydrogen-bond donors (Lipinski definition) is 12. The lowest BCUT2D eigenvalue weighted by Gasteiger charge is -2.09. The molecule has 2 rings (SSSR count). The van der Waals surface area contributed by atoms with Crippen molar-refractivity contribution >= 4 is 82.3 Å². The summed E-state index contributed by atoms with van der Waals surface area (Å²) in [6.07, 6.45) is 3.75. The lowest BCUT2D eigenvalue weighted by atomic mass is 10.3. The van der Waals surface area contributed by atoms with Gasteiger partial charge in [0.25, 0.3) is 11.8 Å². The lowest BCUT2D eigenvalue weighted by molar-refractivity contribution is 0.0964. The molecule has 0 spiro atoms. The maximum absolute atomic E-state index is 12.2. The van der Waals surface area contributed by atoms with Crippen molar-refractivity contribution in [2.45, 2.75) is 38.5 Å². The van der Waals surface area contributed by atoms with Crippen LogP contribution in [0.1, 0.15) is 59.5 Å². The summed E-state index contributed by atoms with van der Waals surface area (Å²) in [6.45, 7) is 2.30. The van der Waals surface area contributed by atoms with E-state index in [1.54, 1.807) is 0 Å². The largest absolute Gasteiger partial charge is 0.382 e. The number of aromatic nitrogens is 4. The maximum atomic E-state index is 12.2. The number of anilines is 4. The van der Waals surface area contributed by atoms with Crippen LogP contribution >= 0.6 is 23.2 Å². The minimum Gasteiger partial charge on any atom is -0.382 e. The Labute approximate surface area is 296 Å². The summed E-state index contributed by atoms with van der Waals surface area (Å²) in [6, 6.07) is -0.628. The minimum atomic E-state index is -0.731. The summed E-state index contributed by atoms with van der Waals surface area (Å²) in [5.74, 6) is -2.34. The third-order valence-corrected chi connectivity index (χ3v) is 6.76. The molecule has 2 aromatic heterocycles. The highest BCUT2D eigenvalue weighted by Gasteiger charge is 2.18. The smallest absolute Gasteiger partial charge is 0.314 e. The predicted molar refractivity (Wildman–Crippen MR) is 190 cm³/mol. The van der Waals surface area contributed by atoms with Gasteiger partial charge in [0, 0.05) is 39.3 Å². The number of unbranched alkanes of at least 4 members (excludes halogenated alkanes) is 3. The third kappa shape index (κ3) is 15.1. The number of hydrogen-bond acceptors (Lipinski definition) is 14. The van der Waals surface area contributed by atoms with Gasteiger partial charge in [-0.1, -0.05) is 23.2 Å². The van der Waals surface area contributed by atoms with Gasteiger partial charge in [0.15, 0.2) is 56.9 Å². The quantitative estimate of drug-likeness (QED) is 0.0506. The number of nitrogen functional groups attached to an aromatic ring is 4. The molecule has 50 heavy (non-hydrogen) atoms. The first-order valence-corrected chi connectivity index (χ1v) is 16.0. The molecule has 0 aliphatic carbocycles. The van der Waals surface area contributed by atoms with Crippen LogP contribution in [0.4, 0.5) is 32.9 Å². The van der Waals surface area contributed by atoms with Crippen molar-refractivity contribution in [1.82, 2.24) is 51.8 Å². The number of urea groups is 2. The number of halogens is 2. The monoisotopic (exact) mass is 740 g/mol. The number of nitrogens with zero attached hydrogens (tertiary/aromatic N) is 6. The first-order chi connectivity index (χ1) is 23.8. The molecule has 2 aromatic rings. The number of nitrogens with one attached hydrogen (secondary N) is 6. The van der Waals surface area contributed by atoms with E-state index in [0.29, 0.717) is 77.8 Å². The second-order valence-corrected chi connectivity index (χ2v) is 10.9. The molecule has 0 aliphatic rings. The molecule has 6 amide bonds. The second kappa shape index (κ2) is 21.4. The number of rotatable bonds is 17. The summed E-state index contributed by atoms with van der Waals surface area (Å²) in [4.78, 5) is 71.4. The van der Waals surface area contributed by atoms with E-state index in [2.05, 4.69) is 61.8 Å². The average molecular weight is 742 g/mol. The molecule has 0 bridgehead atoms. The van der Waals surface area contributed by atoms with Gasteiger partial charge in [-0.2, -0.15) is 0 Å². The zero-order valence-electron chi connectivity index (χ0n) is 27.0. The summed E-state index contributed by atoms with van der Waals surface area (Å²) in [5, 5.41) is 15.3. The van der Waals surface area contributed by atoms with Crippen LogP contribution < -0.4 is 66.3 Å². The van der Waals surface area contributed by atoms with Crippen molar-refractivity contribution in [1.29, 1.82) is 0 Å². The Kier molecular flexibility index (Phi) is 17.3. The second-order valence-electron chi connectivity index (χ2n) is 10.2. The first kappa shape index (κ1) is 40.5. The van der Waals surface area contributed by atoms with E-state index in [0.717, 1.165) is 0 Å². The molecular weight excluding hydrogens is 699 g/mol. The zero-order valence-corrected chi connectivity index (χ0v) is 28.5. The normalized spacial score (nSPS) is 11.4. The summed E-state index contributed by atoms with van der Waals surface area (Å²) in [5.41, 5.74) is 33.2. The van der Waals surface area contributed by atoms with Gasteiger partial charge in [-0.25, -0.2) is 29.5 Å². The van der Waals surface area contributed by atoms with E-state index >= 15 is 0 Å². The van der Waals surface area contributed by atoms with Gasteiger partial charge in [-0.3, -0.25) is 30.2 Å². The van der Waals surface area contributed by atoms with Crippen molar-refractivity contribution in [2.75, 3.05) is 62.2 Å². The molecule has 24 heteroatoms. The molecule has 0 unspecified atom stereocenters. The number of amides is 6. The van der Waals surface area contributed by atoms with E-state index in [1.165, 1.54) is 0 Å². The molecule has 18 N–H and O–H groups in total. The maximum Gasteiger partial charge on any atom is 0.314 e. The molecule has 0 saturated heterocycles. The molecule has 0 fully saturated rings. The standard InChI is InChI=1S/C26H42Cl2N18O4/c27-15-19(31)43-17(29)13(41-15)21(47)45-23(33)35-7-1-3-9-37-25(49)39-11-5-6-12-40-26(50)38-10-4-2-8-36-24(34)46-22(48)14-18(30)44-20(32)16(28)42-14/h1-12H2,(H4,29,31,43)(H4,30,32,44)(H2,37,39,49)(H2,38,40,50)(H3,33,35,45,47)(H3,34,36,46,48). The van der Waals surface area contributed by atoms with Crippen molar-refractivity contribution < 1.29 is 19.2 Å². The third-order valence-electron chi connectivity index (χ3n) is 6.20. The van der Waals surface area contributed by atoms with E-state index in [9.17, 15) is 19.2 Å². The molecule has 274 valence electrons. The van der Waals surface area contributed by atoms with Crippen molar-refractivity contribution in [3.05, 3.63) is 21.7 Å². The fraction of sp³-hybridized carbons (Fsp3) is 0.462. The Balaban J connectivity index is 1.44. The molecule has 0 aliphatic heterocycles. The van der Waals surface area contributed by atoms with Gasteiger partial charge in [-0.15, -0.1) is 0 Å². The van der Waals surface area contributed by atoms with Crippen LogP contribution in [0.3, 0.4) is 0 Å². The van der Waals surface area contributed by atoms with Crippen LogP contribution in [0.15, 0.2) is 9.98 Å². The van der Waals surface area contributed by atoms with E-state index in [-0.39, 0.29) is 68.9 Å². The highest BCUT2D eigenvalue weighted by atomic mass is 35.5. The van der Waals surface area contributed by atoms with Gasteiger partial charge in [0.2, 0.25) is 0 Å². The van der Waals surface area contributed by atoms with E-state index in [1.807, 2.05) is 0 Å². The zero-order chi connectivity index (χ0) is 37.1. The Morgan fingerprint density at radius 3 is 1.18 bits per heavy atom. The number of nitrogens with two attached hydrogens (primary N) is 6. The van der Waals surface area contributed by atoms with Gasteiger partial charge < -0.3 is 55.7 Å². The molecule has 0 radical (unpaired) electrons. The Morgan fingerprint density at radius 1 is 0.520 bits per heavy atom. The van der Waals surface area contributed by atoms with Crippen LogP contribution in [0.2, 0.25) is 10.3 Å². The summed E-state index contributed by atoms with van der Waals surface area (Å²) in [7, 11) is 0. The van der Waals surface area contributed by atoms with Crippen molar-refractivity contribution in [3.63, 3.8) is 0 Å². The number of carbonyl (C=O) groups excluding carboxylic acids is 4. The molecule has 0 aromatic carbocycles. The number of carbonyl (C=O) groups is 4. The van der Waals surface area contributed by atoms with Crippen molar-refractivity contribution in [3.8, 4) is 0 Å². The van der Waals surface area contributed by atoms with Crippen LogP contribution in [0.25, 0.3) is 0 Å². The fourth-order valence-electron chi connectivity index (χ4n) is 3.70. The number of guanidine groups is 2. The van der Waals surface area contributed by atoms with Crippen LogP contribution in [0.5, 0.6) is 0 Å². The fourth-order valence-corrected chi connectivity index (χ4v) is 3.96. The molecule has 2 heterocycles. The Bertz CT molecular complexity index is 1440. The lowest BCUT2D eigenvalue weighted by Crippen LogP contribution is -2.38. The van der Waals surface area contributed by atoms with E-state index in [4.69, 9.17) is 57.6 Å². The van der Waals surface area contributed by atoms with Crippen LogP contribution in [0, 0.1) is 0 Å². The molecule has 0 saturated carbocycles. The topological polar surface area (TPSA) is 373 Å². The van der Waals surface area contributed by atoms with Crippen LogP contribution in [-0.4, -0.2) is 95.0 Å². The summed E-state index contributed by atoms with van der Waals surface area (Å²) >= 11 is 11.5. The number of aliphatic imine (C=N–C) groups is 2. The van der Waals surface area contributed by atoms with Gasteiger partial charge >= 0.3 is 12.1 Å². The molecular formula is C26H42Cl2N18O4. The van der Waals surface area contributed by atoms with Gasteiger partial charge in [-0.05, 0) is 38.5 Å². The van der Waals surface area contributed by atoms with Gasteiger partial charge in [0.05, 0.1) is 0 Å². The molecule has 0 atom stereocenters. The highest BCUT2D eigenvalue weighted by molar-refractivity contribution is 6.32. The van der Waals surface area contributed by atoms with Crippen molar-refractivity contribution in [2.24, 2.45) is 21.5 Å². The van der Waals surface area contributed by atoms with E-state index < -0.39 is 11.8 Å². The SMILES string of the molecule is NC(=NCCCCNC(=O)NCCCCNC(=O)NCCCCN=C(N)NC(=O)c1nc(Cl)c(N)nc1N)NC(=O)c1nc(Cl)c(N)nc1N. The Hall–Kier alpha value is -5.64. The van der Waals surface area contributed by atoms with Crippen LogP contribution in [-0.2, 0) is 0 Å². The summed E-state index contributed by atoms with van der Waals surface area (Å²) < 4.78 is 0. The highest BCUT2D eigenvalue weighted by Crippen LogP contribution is 2.18. The average Bonchev–Trinajstić information content (AvgIpc) is 3.05. The Morgan fingerprint density at radius 2 is 0.840 bits per heavy atom. The minimum absolute atomic E-state index is 0.102. The predicted octanol–water partition coefficient (Wildman–Crippen LogP) is -1.37.